The number of carbonyl (C=O) groups excluding carboxylic acids is 2. The van der Waals surface area contributed by atoms with Gasteiger partial charge in [0.15, 0.2) is 0 Å². The average molecular weight is 335 g/mol. The minimum Gasteiger partial charge on any atom is -0.450 e. The van der Waals surface area contributed by atoms with E-state index in [0.29, 0.717) is 38.5 Å². The van der Waals surface area contributed by atoms with Crippen molar-refractivity contribution in [2.75, 3.05) is 43.0 Å². The van der Waals surface area contributed by atoms with E-state index >= 15 is 0 Å². The highest BCUT2D eigenvalue weighted by Gasteiger charge is 2.22. The minimum absolute atomic E-state index is 0.0768. The number of nitrogens with one attached hydrogen (secondary N) is 2. The molecule has 0 saturated carbocycles. The second kappa shape index (κ2) is 8.37. The Bertz CT molecular complexity index is 553. The van der Waals surface area contributed by atoms with Crippen molar-refractivity contribution in [3.63, 3.8) is 0 Å². The summed E-state index contributed by atoms with van der Waals surface area (Å²) in [4.78, 5) is 31.5. The molecule has 0 unspecified atom stereocenters. The molecular formula is C16H25N5O3. The first-order chi connectivity index (χ1) is 11.5. The van der Waals surface area contributed by atoms with E-state index < -0.39 is 0 Å². The first-order valence-corrected chi connectivity index (χ1v) is 8.19. The lowest BCUT2D eigenvalue weighted by atomic mass is 10.3. The highest BCUT2D eigenvalue weighted by atomic mass is 16.6. The van der Waals surface area contributed by atoms with Gasteiger partial charge in [-0.05, 0) is 32.9 Å². The lowest BCUT2D eigenvalue weighted by Crippen LogP contribution is -2.49. The summed E-state index contributed by atoms with van der Waals surface area (Å²) in [5.41, 5.74) is 0.641. The monoisotopic (exact) mass is 335 g/mol. The first-order valence-electron chi connectivity index (χ1n) is 8.19. The largest absolute Gasteiger partial charge is 0.450 e. The van der Waals surface area contributed by atoms with Gasteiger partial charge in [-0.1, -0.05) is 0 Å². The fourth-order valence-electron chi connectivity index (χ4n) is 2.41. The average Bonchev–Trinajstić information content (AvgIpc) is 2.55. The Morgan fingerprint density at radius 2 is 1.96 bits per heavy atom. The maximum absolute atomic E-state index is 11.7. The van der Waals surface area contributed by atoms with Crippen LogP contribution in [0.25, 0.3) is 0 Å². The van der Waals surface area contributed by atoms with E-state index in [1.54, 1.807) is 18.0 Å². The normalized spacial score (nSPS) is 14.5. The fourth-order valence-corrected chi connectivity index (χ4v) is 2.41. The van der Waals surface area contributed by atoms with Crippen LogP contribution in [0.5, 0.6) is 0 Å². The SMILES string of the molecule is CCOC(=O)N1CCN(c2ccc(NC(=O)NC(C)C)cn2)CC1. The molecule has 3 amide bonds. The van der Waals surface area contributed by atoms with E-state index in [-0.39, 0.29) is 18.2 Å². The molecule has 24 heavy (non-hydrogen) atoms. The van der Waals surface area contributed by atoms with E-state index in [9.17, 15) is 9.59 Å². The van der Waals surface area contributed by atoms with Gasteiger partial charge in [-0.2, -0.15) is 0 Å². The van der Waals surface area contributed by atoms with Crippen molar-refractivity contribution in [2.24, 2.45) is 0 Å². The lowest BCUT2D eigenvalue weighted by molar-refractivity contribution is 0.105. The zero-order chi connectivity index (χ0) is 17.5. The van der Waals surface area contributed by atoms with Crippen molar-refractivity contribution < 1.29 is 14.3 Å². The van der Waals surface area contributed by atoms with Gasteiger partial charge in [-0.25, -0.2) is 14.6 Å². The van der Waals surface area contributed by atoms with Crippen molar-refractivity contribution in [2.45, 2.75) is 26.8 Å². The van der Waals surface area contributed by atoms with Gasteiger partial charge in [0.1, 0.15) is 5.82 Å². The zero-order valence-electron chi connectivity index (χ0n) is 14.4. The summed E-state index contributed by atoms with van der Waals surface area (Å²) < 4.78 is 5.01. The van der Waals surface area contributed by atoms with Crippen molar-refractivity contribution in [1.29, 1.82) is 0 Å². The molecule has 0 bridgehead atoms. The van der Waals surface area contributed by atoms with Crippen molar-refractivity contribution in [3.05, 3.63) is 18.3 Å². The Kier molecular flexibility index (Phi) is 6.22. The van der Waals surface area contributed by atoms with Gasteiger partial charge in [-0.15, -0.1) is 0 Å². The molecule has 0 aromatic carbocycles. The highest BCUT2D eigenvalue weighted by molar-refractivity contribution is 5.89. The molecule has 132 valence electrons. The Hall–Kier alpha value is -2.51. The molecule has 1 aliphatic rings. The van der Waals surface area contributed by atoms with Crippen molar-refractivity contribution in [1.82, 2.24) is 15.2 Å². The van der Waals surface area contributed by atoms with Crippen LogP contribution in [0.2, 0.25) is 0 Å². The van der Waals surface area contributed by atoms with Gasteiger partial charge in [0.05, 0.1) is 18.5 Å². The minimum atomic E-state index is -0.263. The molecule has 0 aliphatic carbocycles. The summed E-state index contributed by atoms with van der Waals surface area (Å²) >= 11 is 0. The molecule has 8 nitrogen and oxygen atoms in total. The van der Waals surface area contributed by atoms with Gasteiger partial charge in [-0.3, -0.25) is 0 Å². The van der Waals surface area contributed by atoms with Crippen LogP contribution in [0.3, 0.4) is 0 Å². The van der Waals surface area contributed by atoms with Gasteiger partial charge < -0.3 is 25.2 Å². The standard InChI is InChI=1S/C16H25N5O3/c1-4-24-16(23)21-9-7-20(8-10-21)14-6-5-13(11-17-14)19-15(22)18-12(2)3/h5-6,11-12H,4,7-10H2,1-3H3,(H2,18,19,22). The van der Waals surface area contributed by atoms with Gasteiger partial charge in [0.2, 0.25) is 0 Å². The molecule has 0 spiro atoms. The topological polar surface area (TPSA) is 86.8 Å². The van der Waals surface area contributed by atoms with E-state index in [4.69, 9.17) is 4.74 Å². The molecular weight excluding hydrogens is 310 g/mol. The van der Waals surface area contributed by atoms with Gasteiger partial charge in [0.25, 0.3) is 0 Å². The number of hydrogen-bond acceptors (Lipinski definition) is 5. The van der Waals surface area contributed by atoms with Crippen LogP contribution < -0.4 is 15.5 Å². The predicted octanol–water partition coefficient (Wildman–Crippen LogP) is 1.89. The third kappa shape index (κ3) is 5.00. The van der Waals surface area contributed by atoms with Gasteiger partial charge in [0, 0.05) is 32.2 Å². The van der Waals surface area contributed by atoms with E-state index in [1.807, 2.05) is 26.0 Å². The summed E-state index contributed by atoms with van der Waals surface area (Å²) in [6.07, 6.45) is 1.37. The Morgan fingerprint density at radius 3 is 2.50 bits per heavy atom. The van der Waals surface area contributed by atoms with Crippen LogP contribution in [-0.4, -0.2) is 60.8 Å². The number of aromatic nitrogens is 1. The highest BCUT2D eigenvalue weighted by Crippen LogP contribution is 2.16. The maximum atomic E-state index is 11.7. The fraction of sp³-hybridized carbons (Fsp3) is 0.562. The van der Waals surface area contributed by atoms with Crippen molar-refractivity contribution >= 4 is 23.6 Å². The molecule has 1 aliphatic heterocycles. The molecule has 1 aromatic rings. The molecule has 1 fully saturated rings. The number of urea groups is 1. The van der Waals surface area contributed by atoms with E-state index in [2.05, 4.69) is 20.5 Å². The van der Waals surface area contributed by atoms with Crippen LogP contribution in [0.4, 0.5) is 21.1 Å². The number of piperazine rings is 1. The number of hydrogen-bond donors (Lipinski definition) is 2. The van der Waals surface area contributed by atoms with Crippen LogP contribution in [0.15, 0.2) is 18.3 Å². The summed E-state index contributed by atoms with van der Waals surface area (Å²) in [6.45, 7) is 8.61. The Labute approximate surface area is 142 Å². The first kappa shape index (κ1) is 17.8. The second-order valence-corrected chi connectivity index (χ2v) is 5.83. The van der Waals surface area contributed by atoms with Crippen LogP contribution >= 0.6 is 0 Å². The smallest absolute Gasteiger partial charge is 0.409 e. The second-order valence-electron chi connectivity index (χ2n) is 5.83. The number of amides is 3. The van der Waals surface area contributed by atoms with E-state index in [0.717, 1.165) is 5.82 Å². The van der Waals surface area contributed by atoms with Gasteiger partial charge >= 0.3 is 12.1 Å². The summed E-state index contributed by atoms with van der Waals surface area (Å²) in [5.74, 6) is 0.827. The molecule has 0 radical (unpaired) electrons. The summed E-state index contributed by atoms with van der Waals surface area (Å²) in [6, 6.07) is 3.51. The third-order valence-corrected chi connectivity index (χ3v) is 3.56. The summed E-state index contributed by atoms with van der Waals surface area (Å²) in [7, 11) is 0. The molecule has 2 N–H and O–H groups in total. The number of rotatable bonds is 4. The van der Waals surface area contributed by atoms with Crippen molar-refractivity contribution in [3.8, 4) is 0 Å². The molecule has 1 aromatic heterocycles. The molecule has 0 atom stereocenters. The quantitative estimate of drug-likeness (QED) is 0.877. The molecule has 1 saturated heterocycles. The molecule has 2 heterocycles. The molecule has 2 rings (SSSR count). The van der Waals surface area contributed by atoms with Crippen LogP contribution in [0, 0.1) is 0 Å². The number of pyridine rings is 1. The summed E-state index contributed by atoms with van der Waals surface area (Å²) in [5, 5.41) is 5.50. The number of carbonyl (C=O) groups is 2. The number of nitrogens with zero attached hydrogens (tertiary/aromatic N) is 3. The van der Waals surface area contributed by atoms with Crippen LogP contribution in [-0.2, 0) is 4.74 Å². The predicted molar refractivity (Wildman–Crippen MR) is 92.3 cm³/mol. The Balaban J connectivity index is 1.86. The third-order valence-electron chi connectivity index (χ3n) is 3.56. The zero-order valence-corrected chi connectivity index (χ0v) is 14.4. The van der Waals surface area contributed by atoms with Crippen LogP contribution in [0.1, 0.15) is 20.8 Å². The maximum Gasteiger partial charge on any atom is 0.409 e. The Morgan fingerprint density at radius 1 is 1.25 bits per heavy atom. The number of ether oxygens (including phenoxy) is 1. The molecule has 8 heteroatoms. The van der Waals surface area contributed by atoms with E-state index in [1.165, 1.54) is 0 Å². The number of anilines is 2. The lowest BCUT2D eigenvalue weighted by Gasteiger charge is -2.34.